The van der Waals surface area contributed by atoms with Crippen LogP contribution in [0.3, 0.4) is 0 Å². The van der Waals surface area contributed by atoms with Crippen LogP contribution in [0.2, 0.25) is 0 Å². The lowest BCUT2D eigenvalue weighted by Gasteiger charge is -2.31. The van der Waals surface area contributed by atoms with Crippen LogP contribution in [-0.4, -0.2) is 49.4 Å². The molecule has 1 aliphatic heterocycles. The molecule has 0 aliphatic carbocycles. The average molecular weight is 345 g/mol. The molecule has 1 heterocycles. The quantitative estimate of drug-likeness (QED) is 0.861. The average Bonchev–Trinajstić information content (AvgIpc) is 2.61. The fourth-order valence-corrected chi connectivity index (χ4v) is 3.08. The normalized spacial score (nSPS) is 15.9. The van der Waals surface area contributed by atoms with Crippen LogP contribution in [0.5, 0.6) is 0 Å². The highest BCUT2D eigenvalue weighted by atomic mass is 16.2. The number of nitrogens with zero attached hydrogens (tertiary/aromatic N) is 1. The lowest BCUT2D eigenvalue weighted by atomic mass is 9.87. The van der Waals surface area contributed by atoms with Gasteiger partial charge in [-0.1, -0.05) is 32.9 Å². The molecule has 2 amide bonds. The summed E-state index contributed by atoms with van der Waals surface area (Å²) in [6, 6.07) is 8.19. The van der Waals surface area contributed by atoms with Crippen molar-refractivity contribution in [2.45, 2.75) is 51.5 Å². The molecular formula is C20H31N3O2. The van der Waals surface area contributed by atoms with Crippen LogP contribution in [-0.2, 0) is 10.2 Å². The van der Waals surface area contributed by atoms with E-state index in [1.807, 2.05) is 36.2 Å². The first-order chi connectivity index (χ1) is 11.8. The standard InChI is InChI=1S/C20H31N3O2/c1-20(2,3)16-7-5-15(6-8-16)19(25)22-12-9-18(24)23-13-10-17(21-4)11-14-23/h5-8,17,21H,9-14H2,1-4H3,(H,22,25). The van der Waals surface area contributed by atoms with E-state index < -0.39 is 0 Å². The van der Waals surface area contributed by atoms with E-state index in [2.05, 4.69) is 31.4 Å². The fourth-order valence-electron chi connectivity index (χ4n) is 3.08. The van der Waals surface area contributed by atoms with E-state index in [1.165, 1.54) is 5.56 Å². The summed E-state index contributed by atoms with van der Waals surface area (Å²) < 4.78 is 0. The van der Waals surface area contributed by atoms with E-state index in [0.717, 1.165) is 25.9 Å². The first-order valence-corrected chi connectivity index (χ1v) is 9.15. The summed E-state index contributed by atoms with van der Waals surface area (Å²) >= 11 is 0. The summed E-state index contributed by atoms with van der Waals surface area (Å²) in [6.07, 6.45) is 2.35. The van der Waals surface area contributed by atoms with Gasteiger partial charge in [0.15, 0.2) is 0 Å². The van der Waals surface area contributed by atoms with Crippen molar-refractivity contribution in [1.29, 1.82) is 0 Å². The number of rotatable bonds is 5. The molecule has 0 aromatic heterocycles. The monoisotopic (exact) mass is 345 g/mol. The zero-order valence-corrected chi connectivity index (χ0v) is 15.9. The van der Waals surface area contributed by atoms with Gasteiger partial charge in [0.25, 0.3) is 5.91 Å². The predicted molar refractivity (Wildman–Crippen MR) is 101 cm³/mol. The Bertz CT molecular complexity index is 582. The lowest BCUT2D eigenvalue weighted by Crippen LogP contribution is -2.44. The Morgan fingerprint density at radius 1 is 1.12 bits per heavy atom. The van der Waals surface area contributed by atoms with Crippen molar-refractivity contribution in [2.75, 3.05) is 26.7 Å². The smallest absolute Gasteiger partial charge is 0.251 e. The van der Waals surface area contributed by atoms with Crippen molar-refractivity contribution in [3.8, 4) is 0 Å². The second-order valence-electron chi connectivity index (χ2n) is 7.78. The van der Waals surface area contributed by atoms with Gasteiger partial charge >= 0.3 is 0 Å². The Hall–Kier alpha value is -1.88. The minimum absolute atomic E-state index is 0.0716. The molecule has 1 aromatic carbocycles. The number of piperidine rings is 1. The molecule has 1 fully saturated rings. The molecule has 2 N–H and O–H groups in total. The second-order valence-corrected chi connectivity index (χ2v) is 7.78. The Kier molecular flexibility index (Phi) is 6.59. The largest absolute Gasteiger partial charge is 0.352 e. The third-order valence-electron chi connectivity index (χ3n) is 4.89. The highest BCUT2D eigenvalue weighted by Crippen LogP contribution is 2.22. The molecule has 0 spiro atoms. The number of carbonyl (C=O) groups is 2. The molecule has 1 saturated heterocycles. The topological polar surface area (TPSA) is 61.4 Å². The van der Waals surface area contributed by atoms with Gasteiger partial charge in [-0.25, -0.2) is 0 Å². The number of likely N-dealkylation sites (tertiary alicyclic amines) is 1. The van der Waals surface area contributed by atoms with Crippen LogP contribution in [0.15, 0.2) is 24.3 Å². The van der Waals surface area contributed by atoms with Crippen molar-refractivity contribution in [1.82, 2.24) is 15.5 Å². The second kappa shape index (κ2) is 8.48. The summed E-state index contributed by atoms with van der Waals surface area (Å²) in [5.74, 6) is 0.0000777. The number of hydrogen-bond acceptors (Lipinski definition) is 3. The molecule has 138 valence electrons. The first kappa shape index (κ1) is 19.4. The van der Waals surface area contributed by atoms with Crippen molar-refractivity contribution in [2.24, 2.45) is 0 Å². The third-order valence-corrected chi connectivity index (χ3v) is 4.89. The van der Waals surface area contributed by atoms with Gasteiger partial charge in [0.1, 0.15) is 0 Å². The Labute approximate surface area is 151 Å². The summed E-state index contributed by atoms with van der Waals surface area (Å²) in [7, 11) is 1.96. The summed E-state index contributed by atoms with van der Waals surface area (Å²) in [4.78, 5) is 26.3. The van der Waals surface area contributed by atoms with Gasteiger partial charge in [0.2, 0.25) is 5.91 Å². The Morgan fingerprint density at radius 2 is 1.72 bits per heavy atom. The van der Waals surface area contributed by atoms with Gasteiger partial charge in [-0.3, -0.25) is 9.59 Å². The minimum Gasteiger partial charge on any atom is -0.352 e. The van der Waals surface area contributed by atoms with Gasteiger partial charge in [0, 0.05) is 37.7 Å². The maximum Gasteiger partial charge on any atom is 0.251 e. The molecule has 0 unspecified atom stereocenters. The van der Waals surface area contributed by atoms with E-state index in [4.69, 9.17) is 0 Å². The molecule has 25 heavy (non-hydrogen) atoms. The van der Waals surface area contributed by atoms with Gasteiger partial charge in [0.05, 0.1) is 0 Å². The van der Waals surface area contributed by atoms with Gasteiger partial charge in [-0.15, -0.1) is 0 Å². The lowest BCUT2D eigenvalue weighted by molar-refractivity contribution is -0.132. The predicted octanol–water partition coefficient (Wildman–Crippen LogP) is 2.31. The molecule has 0 saturated carbocycles. The molecule has 5 nitrogen and oxygen atoms in total. The molecule has 0 radical (unpaired) electrons. The van der Waals surface area contributed by atoms with Crippen LogP contribution in [0.25, 0.3) is 0 Å². The number of hydrogen-bond donors (Lipinski definition) is 2. The van der Waals surface area contributed by atoms with E-state index in [1.54, 1.807) is 0 Å². The number of amides is 2. The maximum absolute atomic E-state index is 12.2. The van der Waals surface area contributed by atoms with E-state index in [0.29, 0.717) is 24.6 Å². The van der Waals surface area contributed by atoms with Crippen molar-refractivity contribution in [3.05, 3.63) is 35.4 Å². The van der Waals surface area contributed by atoms with Crippen LogP contribution in [0.4, 0.5) is 0 Å². The van der Waals surface area contributed by atoms with E-state index in [9.17, 15) is 9.59 Å². The molecule has 1 aromatic rings. The van der Waals surface area contributed by atoms with E-state index >= 15 is 0 Å². The van der Waals surface area contributed by atoms with Crippen LogP contribution < -0.4 is 10.6 Å². The van der Waals surface area contributed by atoms with Crippen LogP contribution >= 0.6 is 0 Å². The molecular weight excluding hydrogens is 314 g/mol. The Morgan fingerprint density at radius 3 is 2.24 bits per heavy atom. The number of benzene rings is 1. The molecule has 0 atom stereocenters. The summed E-state index contributed by atoms with van der Waals surface area (Å²) in [5, 5.41) is 6.11. The third kappa shape index (κ3) is 5.56. The SMILES string of the molecule is CNC1CCN(C(=O)CCNC(=O)c2ccc(C(C)(C)C)cc2)CC1. The number of carbonyl (C=O) groups excluding carboxylic acids is 2. The van der Waals surface area contributed by atoms with Crippen molar-refractivity contribution < 1.29 is 9.59 Å². The van der Waals surface area contributed by atoms with Gasteiger partial charge in [-0.2, -0.15) is 0 Å². The minimum atomic E-state index is -0.123. The summed E-state index contributed by atoms with van der Waals surface area (Å²) in [5.41, 5.74) is 1.90. The van der Waals surface area contributed by atoms with Crippen molar-refractivity contribution in [3.63, 3.8) is 0 Å². The first-order valence-electron chi connectivity index (χ1n) is 9.15. The van der Waals surface area contributed by atoms with Gasteiger partial charge in [-0.05, 0) is 43.0 Å². The van der Waals surface area contributed by atoms with Gasteiger partial charge < -0.3 is 15.5 Å². The van der Waals surface area contributed by atoms with Crippen molar-refractivity contribution >= 4 is 11.8 Å². The zero-order chi connectivity index (χ0) is 18.4. The zero-order valence-electron chi connectivity index (χ0n) is 15.9. The van der Waals surface area contributed by atoms with Crippen LogP contribution in [0.1, 0.15) is 56.0 Å². The fraction of sp³-hybridized carbons (Fsp3) is 0.600. The highest BCUT2D eigenvalue weighted by Gasteiger charge is 2.21. The number of nitrogens with one attached hydrogen (secondary N) is 2. The van der Waals surface area contributed by atoms with E-state index in [-0.39, 0.29) is 17.2 Å². The summed E-state index contributed by atoms with van der Waals surface area (Å²) in [6.45, 7) is 8.41. The maximum atomic E-state index is 12.2. The molecule has 1 aliphatic rings. The highest BCUT2D eigenvalue weighted by molar-refractivity contribution is 5.94. The molecule has 0 bridgehead atoms. The Balaban J connectivity index is 1.76. The molecule has 5 heteroatoms. The van der Waals surface area contributed by atoms with Crippen LogP contribution in [0, 0.1) is 0 Å². The molecule has 2 rings (SSSR count).